The summed E-state index contributed by atoms with van der Waals surface area (Å²) >= 11 is 0. The van der Waals surface area contributed by atoms with Crippen LogP contribution < -0.4 is 0 Å². The molecule has 1 aliphatic rings. The second kappa shape index (κ2) is 23.5. The molecule has 19 heteroatoms. The Morgan fingerprint density at radius 1 is 0.633 bits per heavy atom. The molecule has 276 valence electrons. The zero-order valence-electron chi connectivity index (χ0n) is 30.2. The molecule has 0 spiro atoms. The number of azide groups is 3. The molecule has 49 heavy (non-hydrogen) atoms. The molecule has 1 aliphatic heterocycles. The van der Waals surface area contributed by atoms with Gasteiger partial charge in [0.15, 0.2) is 0 Å². The first kappa shape index (κ1) is 43.2. The van der Waals surface area contributed by atoms with E-state index in [0.29, 0.717) is 71.7 Å². The van der Waals surface area contributed by atoms with E-state index < -0.39 is 35.6 Å². The second-order valence-electron chi connectivity index (χ2n) is 12.9. The summed E-state index contributed by atoms with van der Waals surface area (Å²) in [4.78, 5) is 56.4. The SMILES string of the molecule is COC(=O)[C@@H](CCN=[N+]=[N-])N1CCN([C@H](CC(=O)OC(C)(C)C)C(=O)OC)CCN([C@@H](C)CCN=[N+]=[N-])CCN([C@@H](C)CCN=[N+]=[N-])CC1. The van der Waals surface area contributed by atoms with E-state index in [2.05, 4.69) is 53.7 Å². The molecule has 0 aliphatic carbocycles. The van der Waals surface area contributed by atoms with Gasteiger partial charge in [-0.1, -0.05) is 15.3 Å². The molecule has 0 amide bonds. The van der Waals surface area contributed by atoms with Crippen molar-refractivity contribution in [3.8, 4) is 0 Å². The monoisotopic (exact) mass is 693 g/mol. The molecule has 1 saturated heterocycles. The van der Waals surface area contributed by atoms with Gasteiger partial charge < -0.3 is 14.2 Å². The van der Waals surface area contributed by atoms with Crippen LogP contribution in [0.15, 0.2) is 15.3 Å². The van der Waals surface area contributed by atoms with Gasteiger partial charge in [0, 0.05) is 98.8 Å². The first-order valence-corrected chi connectivity index (χ1v) is 16.7. The van der Waals surface area contributed by atoms with E-state index in [4.69, 9.17) is 30.8 Å². The van der Waals surface area contributed by atoms with E-state index in [9.17, 15) is 14.4 Å². The number of rotatable bonds is 17. The summed E-state index contributed by atoms with van der Waals surface area (Å²) in [6.45, 7) is 13.9. The van der Waals surface area contributed by atoms with Gasteiger partial charge in [-0.3, -0.25) is 34.0 Å². The molecule has 0 aromatic carbocycles. The topological polar surface area (TPSA) is 238 Å². The van der Waals surface area contributed by atoms with Crippen LogP contribution in [-0.4, -0.2) is 153 Å². The molecule has 0 aromatic heterocycles. The summed E-state index contributed by atoms with van der Waals surface area (Å²) in [6, 6.07) is -1.62. The minimum atomic E-state index is -0.957. The molecular formula is C30H55N13O6. The molecule has 0 bridgehead atoms. The smallest absolute Gasteiger partial charge is 0.323 e. The van der Waals surface area contributed by atoms with Gasteiger partial charge in [0.05, 0.1) is 20.6 Å². The number of nitrogens with zero attached hydrogens (tertiary/aromatic N) is 13. The van der Waals surface area contributed by atoms with Crippen molar-refractivity contribution < 1.29 is 28.6 Å². The number of carbonyl (C=O) groups is 3. The van der Waals surface area contributed by atoms with Crippen LogP contribution in [0.25, 0.3) is 31.3 Å². The number of hydrogen-bond acceptors (Lipinski definition) is 13. The molecule has 1 heterocycles. The molecular weight excluding hydrogens is 638 g/mol. The van der Waals surface area contributed by atoms with Crippen molar-refractivity contribution >= 4 is 17.9 Å². The molecule has 0 unspecified atom stereocenters. The van der Waals surface area contributed by atoms with Crippen LogP contribution in [0, 0.1) is 0 Å². The standard InChI is InChI=1S/C30H55N13O6/c1-23(8-11-34-37-31)40-14-15-41(24(2)9-12-35-38-32)17-19-43(26(29(46)48-7)22-27(44)49-30(3,4)5)21-20-42(18-16-40)25(28(45)47-6)10-13-36-39-33/h23-26H,8-22H2,1-7H3/t23-,24-,25+,26+/m0/s1. The maximum Gasteiger partial charge on any atom is 0.323 e. The van der Waals surface area contributed by atoms with Crippen molar-refractivity contribution in [3.05, 3.63) is 31.3 Å². The summed E-state index contributed by atoms with van der Waals surface area (Å²) < 4.78 is 15.9. The highest BCUT2D eigenvalue weighted by atomic mass is 16.6. The largest absolute Gasteiger partial charge is 0.468 e. The van der Waals surface area contributed by atoms with Gasteiger partial charge in [-0.2, -0.15) is 0 Å². The van der Waals surface area contributed by atoms with Gasteiger partial charge in [0.2, 0.25) is 0 Å². The Morgan fingerprint density at radius 3 is 1.35 bits per heavy atom. The van der Waals surface area contributed by atoms with E-state index in [1.807, 2.05) is 9.80 Å². The van der Waals surface area contributed by atoms with Crippen LogP contribution in [0.2, 0.25) is 0 Å². The Labute approximate surface area is 289 Å². The van der Waals surface area contributed by atoms with E-state index in [1.54, 1.807) is 20.8 Å². The molecule has 19 nitrogen and oxygen atoms in total. The summed E-state index contributed by atoms with van der Waals surface area (Å²) in [5.41, 5.74) is 25.8. The predicted octanol–water partition coefficient (Wildman–Crippen LogP) is 3.90. The van der Waals surface area contributed by atoms with Crippen LogP contribution in [0.1, 0.15) is 60.3 Å². The van der Waals surface area contributed by atoms with Gasteiger partial charge in [-0.25, -0.2) is 0 Å². The van der Waals surface area contributed by atoms with Crippen molar-refractivity contribution in [2.24, 2.45) is 15.3 Å². The highest BCUT2D eigenvalue weighted by Crippen LogP contribution is 2.18. The van der Waals surface area contributed by atoms with E-state index >= 15 is 0 Å². The first-order valence-electron chi connectivity index (χ1n) is 16.7. The van der Waals surface area contributed by atoms with Crippen LogP contribution >= 0.6 is 0 Å². The average molecular weight is 694 g/mol. The third-order valence-corrected chi connectivity index (χ3v) is 8.54. The van der Waals surface area contributed by atoms with Crippen molar-refractivity contribution in [3.63, 3.8) is 0 Å². The molecule has 0 saturated carbocycles. The molecule has 1 fully saturated rings. The van der Waals surface area contributed by atoms with Crippen molar-refractivity contribution in [2.75, 3.05) is 86.2 Å². The Kier molecular flexibility index (Phi) is 20.7. The van der Waals surface area contributed by atoms with Crippen LogP contribution in [-0.2, 0) is 28.6 Å². The van der Waals surface area contributed by atoms with Gasteiger partial charge >= 0.3 is 17.9 Å². The lowest BCUT2D eigenvalue weighted by molar-refractivity contribution is -0.162. The maximum atomic E-state index is 13.2. The fraction of sp³-hybridized carbons (Fsp3) is 0.900. The Bertz CT molecular complexity index is 1180. The lowest BCUT2D eigenvalue weighted by Crippen LogP contribution is -2.55. The number of esters is 3. The Hall–Kier alpha value is -3.82. The first-order chi connectivity index (χ1) is 23.3. The zero-order chi connectivity index (χ0) is 36.8. The molecule has 0 radical (unpaired) electrons. The highest BCUT2D eigenvalue weighted by molar-refractivity contribution is 5.82. The average Bonchev–Trinajstić information content (AvgIpc) is 3.05. The highest BCUT2D eigenvalue weighted by Gasteiger charge is 2.34. The quantitative estimate of drug-likeness (QED) is 0.0699. The van der Waals surface area contributed by atoms with Gasteiger partial charge in [-0.15, -0.1) is 0 Å². The Balaban J connectivity index is 3.62. The minimum Gasteiger partial charge on any atom is -0.468 e. The summed E-state index contributed by atoms with van der Waals surface area (Å²) in [5, 5.41) is 11.1. The lowest BCUT2D eigenvalue weighted by atomic mass is 10.1. The molecule has 1 rings (SSSR count). The number of methoxy groups -OCH3 is 2. The predicted molar refractivity (Wildman–Crippen MR) is 183 cm³/mol. The Morgan fingerprint density at radius 2 is 0.980 bits per heavy atom. The lowest BCUT2D eigenvalue weighted by Gasteiger charge is -2.40. The number of hydrogen-bond donors (Lipinski definition) is 0. The summed E-state index contributed by atoms with van der Waals surface area (Å²) in [5.74, 6) is -1.61. The third-order valence-electron chi connectivity index (χ3n) is 8.54. The molecule has 0 N–H and O–H groups in total. The van der Waals surface area contributed by atoms with Gasteiger partial charge in [0.1, 0.15) is 17.7 Å². The fourth-order valence-electron chi connectivity index (χ4n) is 5.77. The zero-order valence-corrected chi connectivity index (χ0v) is 30.2. The summed E-state index contributed by atoms with van der Waals surface area (Å²) in [6.07, 6.45) is 1.24. The number of ether oxygens (including phenoxy) is 3. The normalized spacial score (nSPS) is 18.4. The molecule has 4 atom stereocenters. The van der Waals surface area contributed by atoms with Crippen LogP contribution in [0.3, 0.4) is 0 Å². The van der Waals surface area contributed by atoms with Crippen LogP contribution in [0.5, 0.6) is 0 Å². The second-order valence-corrected chi connectivity index (χ2v) is 12.9. The maximum absolute atomic E-state index is 13.2. The van der Waals surface area contributed by atoms with E-state index in [0.717, 1.165) is 0 Å². The summed E-state index contributed by atoms with van der Waals surface area (Å²) in [7, 11) is 2.58. The van der Waals surface area contributed by atoms with E-state index in [1.165, 1.54) is 14.2 Å². The van der Waals surface area contributed by atoms with Gasteiger partial charge in [0.25, 0.3) is 0 Å². The number of carbonyl (C=O) groups excluding carboxylic acids is 3. The minimum absolute atomic E-state index is 0.0268. The van der Waals surface area contributed by atoms with E-state index in [-0.39, 0.29) is 38.0 Å². The molecule has 0 aromatic rings. The fourth-order valence-corrected chi connectivity index (χ4v) is 5.77. The van der Waals surface area contributed by atoms with Crippen LogP contribution in [0.4, 0.5) is 0 Å². The third kappa shape index (κ3) is 16.9. The van der Waals surface area contributed by atoms with Crippen molar-refractivity contribution in [2.45, 2.75) is 90.1 Å². The van der Waals surface area contributed by atoms with Gasteiger partial charge in [-0.05, 0) is 70.5 Å². The van der Waals surface area contributed by atoms with Crippen molar-refractivity contribution in [1.82, 2.24) is 19.6 Å². The van der Waals surface area contributed by atoms with Crippen molar-refractivity contribution in [1.29, 1.82) is 0 Å².